The first-order chi connectivity index (χ1) is 3.80. The zero-order valence-corrected chi connectivity index (χ0v) is 4.77. The lowest BCUT2D eigenvalue weighted by Gasteiger charge is -1.84. The van der Waals surface area contributed by atoms with E-state index in [0.29, 0.717) is 5.75 Å². The Morgan fingerprint density at radius 2 is 2.50 bits per heavy atom. The highest BCUT2D eigenvalue weighted by atomic mass is 32.2. The zero-order valence-electron chi connectivity index (χ0n) is 3.95. The van der Waals surface area contributed by atoms with Crippen molar-refractivity contribution in [2.75, 3.05) is 5.75 Å². The summed E-state index contributed by atoms with van der Waals surface area (Å²) >= 11 is 1.34. The van der Waals surface area contributed by atoms with E-state index in [0.717, 1.165) is 0 Å². The van der Waals surface area contributed by atoms with Crippen LogP contribution >= 0.6 is 11.8 Å². The maximum absolute atomic E-state index is 11.5. The van der Waals surface area contributed by atoms with E-state index in [1.165, 1.54) is 11.8 Å². The van der Waals surface area contributed by atoms with Gasteiger partial charge in [-0.15, -0.1) is 11.8 Å². The second-order valence-corrected chi connectivity index (χ2v) is 2.17. The Kier molecular flexibility index (Phi) is 1.68. The van der Waals surface area contributed by atoms with Crippen LogP contribution < -0.4 is 0 Å². The third kappa shape index (κ3) is 1.10. The van der Waals surface area contributed by atoms with Gasteiger partial charge in [0.1, 0.15) is 0 Å². The molecule has 0 saturated carbocycles. The zero-order chi connectivity index (χ0) is 5.98. The van der Waals surface area contributed by atoms with E-state index < -0.39 is 6.08 Å². The standard InChI is InChI=1S/C5H3F2S/c6-5(7)4-1-2-8-3-4/h2H,3H2. The van der Waals surface area contributed by atoms with Crippen LogP contribution in [-0.2, 0) is 0 Å². The second kappa shape index (κ2) is 2.31. The predicted octanol–water partition coefficient (Wildman–Crippen LogP) is 2.20. The Labute approximate surface area is 50.3 Å². The summed E-state index contributed by atoms with van der Waals surface area (Å²) in [7, 11) is 0. The molecule has 0 aromatic carbocycles. The highest BCUT2D eigenvalue weighted by Crippen LogP contribution is 2.22. The van der Waals surface area contributed by atoms with Crippen LogP contribution in [0.4, 0.5) is 8.78 Å². The molecule has 1 aliphatic rings. The summed E-state index contributed by atoms with van der Waals surface area (Å²) in [4.78, 5) is 0. The summed E-state index contributed by atoms with van der Waals surface area (Å²) in [6.45, 7) is 0. The molecular formula is C5H3F2S. The number of rotatable bonds is 0. The van der Waals surface area contributed by atoms with E-state index in [2.05, 4.69) is 6.08 Å². The van der Waals surface area contributed by atoms with Crippen LogP contribution in [0, 0.1) is 6.08 Å². The molecule has 0 unspecified atom stereocenters. The largest absolute Gasteiger partial charge is 0.274 e. The molecule has 8 heavy (non-hydrogen) atoms. The summed E-state index contributed by atoms with van der Waals surface area (Å²) in [6.07, 6.45) is 0.818. The van der Waals surface area contributed by atoms with Gasteiger partial charge in [-0.25, -0.2) is 0 Å². The average molecular weight is 133 g/mol. The van der Waals surface area contributed by atoms with Gasteiger partial charge in [0.05, 0.1) is 0 Å². The molecule has 1 aliphatic heterocycles. The molecule has 43 valence electrons. The Hall–Kier alpha value is -0.310. The lowest BCUT2D eigenvalue weighted by Crippen LogP contribution is -1.76. The van der Waals surface area contributed by atoms with E-state index in [1.807, 2.05) is 0 Å². The average Bonchev–Trinajstić information content (AvgIpc) is 2.12. The van der Waals surface area contributed by atoms with E-state index in [1.54, 1.807) is 5.41 Å². The molecule has 0 aliphatic carbocycles. The van der Waals surface area contributed by atoms with E-state index in [4.69, 9.17) is 0 Å². The maximum atomic E-state index is 11.5. The SMILES string of the molecule is FC(F)=C1[C]=CSC1. The van der Waals surface area contributed by atoms with Gasteiger partial charge in [-0.05, 0) is 11.5 Å². The molecule has 3 heteroatoms. The molecule has 0 aromatic rings. The minimum atomic E-state index is -1.61. The van der Waals surface area contributed by atoms with Crippen molar-refractivity contribution in [2.24, 2.45) is 0 Å². The molecule has 1 heterocycles. The van der Waals surface area contributed by atoms with Gasteiger partial charge in [0.2, 0.25) is 0 Å². The minimum absolute atomic E-state index is 0.0370. The van der Waals surface area contributed by atoms with Gasteiger partial charge < -0.3 is 0 Å². The number of hydrogen-bond donors (Lipinski definition) is 0. The van der Waals surface area contributed by atoms with Crippen LogP contribution in [-0.4, -0.2) is 5.75 Å². The third-order valence-corrected chi connectivity index (χ3v) is 1.51. The molecule has 0 fully saturated rings. The fourth-order valence-electron chi connectivity index (χ4n) is 0.389. The van der Waals surface area contributed by atoms with Crippen LogP contribution in [0.1, 0.15) is 0 Å². The first-order valence-corrected chi connectivity index (χ1v) is 3.09. The van der Waals surface area contributed by atoms with Gasteiger partial charge in [-0.1, -0.05) is 0 Å². The quantitative estimate of drug-likeness (QED) is 0.488. The molecule has 0 amide bonds. The third-order valence-electron chi connectivity index (χ3n) is 0.772. The molecule has 1 radical (unpaired) electrons. The molecule has 0 aromatic heterocycles. The van der Waals surface area contributed by atoms with Crippen molar-refractivity contribution in [3.63, 3.8) is 0 Å². The lowest BCUT2D eigenvalue weighted by molar-refractivity contribution is 0.415. The van der Waals surface area contributed by atoms with Crippen molar-refractivity contribution in [3.05, 3.63) is 23.1 Å². The first kappa shape index (κ1) is 5.82. The number of hydrogen-bond acceptors (Lipinski definition) is 1. The van der Waals surface area contributed by atoms with E-state index in [-0.39, 0.29) is 5.57 Å². The monoisotopic (exact) mass is 133 g/mol. The lowest BCUT2D eigenvalue weighted by atomic mass is 10.3. The van der Waals surface area contributed by atoms with E-state index in [9.17, 15) is 8.78 Å². The van der Waals surface area contributed by atoms with Gasteiger partial charge in [-0.2, -0.15) is 8.78 Å². The van der Waals surface area contributed by atoms with Crippen molar-refractivity contribution < 1.29 is 8.78 Å². The van der Waals surface area contributed by atoms with Crippen molar-refractivity contribution in [1.82, 2.24) is 0 Å². The number of thioether (sulfide) groups is 1. The molecule has 1 rings (SSSR count). The summed E-state index contributed by atoms with van der Waals surface area (Å²) < 4.78 is 23.0. The van der Waals surface area contributed by atoms with Crippen molar-refractivity contribution in [3.8, 4) is 0 Å². The Morgan fingerprint density at radius 3 is 2.75 bits per heavy atom. The minimum Gasteiger partial charge on any atom is -0.173 e. The van der Waals surface area contributed by atoms with Crippen LogP contribution in [0.2, 0.25) is 0 Å². The summed E-state index contributed by atoms with van der Waals surface area (Å²) in [5, 5.41) is 1.55. The highest BCUT2D eigenvalue weighted by Gasteiger charge is 2.06. The Balaban J connectivity index is 2.73. The highest BCUT2D eigenvalue weighted by molar-refractivity contribution is 8.02. The van der Waals surface area contributed by atoms with Gasteiger partial charge in [-0.3, -0.25) is 0 Å². The molecule has 0 atom stereocenters. The van der Waals surface area contributed by atoms with Crippen molar-refractivity contribution in [1.29, 1.82) is 0 Å². The van der Waals surface area contributed by atoms with Crippen LogP contribution in [0.5, 0.6) is 0 Å². The van der Waals surface area contributed by atoms with Crippen LogP contribution in [0.25, 0.3) is 0 Å². The topological polar surface area (TPSA) is 0 Å². The van der Waals surface area contributed by atoms with Crippen molar-refractivity contribution >= 4 is 11.8 Å². The summed E-state index contributed by atoms with van der Waals surface area (Å²) in [6, 6.07) is 0. The molecular weight excluding hydrogens is 130 g/mol. The molecule has 0 N–H and O–H groups in total. The fraction of sp³-hybridized carbons (Fsp3) is 0.200. The van der Waals surface area contributed by atoms with Crippen molar-refractivity contribution in [2.45, 2.75) is 0 Å². The number of allylic oxidation sites excluding steroid dienone is 1. The van der Waals surface area contributed by atoms with Crippen LogP contribution in [0.3, 0.4) is 0 Å². The molecule has 0 nitrogen and oxygen atoms in total. The van der Waals surface area contributed by atoms with Gasteiger partial charge in [0, 0.05) is 11.3 Å². The Morgan fingerprint density at radius 1 is 1.75 bits per heavy atom. The van der Waals surface area contributed by atoms with Gasteiger partial charge in [0.25, 0.3) is 6.08 Å². The van der Waals surface area contributed by atoms with Gasteiger partial charge in [0.15, 0.2) is 0 Å². The maximum Gasteiger partial charge on any atom is 0.274 e. The fourth-order valence-corrected chi connectivity index (χ4v) is 1.06. The molecule has 0 saturated heterocycles. The van der Waals surface area contributed by atoms with Crippen LogP contribution in [0.15, 0.2) is 17.1 Å². The predicted molar refractivity (Wildman–Crippen MR) is 29.5 cm³/mol. The molecule has 0 spiro atoms. The first-order valence-electron chi connectivity index (χ1n) is 2.04. The normalized spacial score (nSPS) is 17.5. The smallest absolute Gasteiger partial charge is 0.173 e. The van der Waals surface area contributed by atoms with Gasteiger partial charge >= 0.3 is 0 Å². The summed E-state index contributed by atoms with van der Waals surface area (Å²) in [5.74, 6) is 0.377. The molecule has 0 bridgehead atoms. The summed E-state index contributed by atoms with van der Waals surface area (Å²) in [5.41, 5.74) is 0.0370. The Bertz CT molecular complexity index is 145. The second-order valence-electron chi connectivity index (χ2n) is 1.31. The number of halogens is 2. The van der Waals surface area contributed by atoms with E-state index >= 15 is 0 Å².